The molecule has 0 aliphatic carbocycles. The third-order valence-electron chi connectivity index (χ3n) is 4.08. The molecule has 3 rings (SSSR count). The van der Waals surface area contributed by atoms with Crippen LogP contribution in [0.25, 0.3) is 0 Å². The highest BCUT2D eigenvalue weighted by atomic mass is 35.5. The van der Waals surface area contributed by atoms with Gasteiger partial charge in [-0.05, 0) is 19.9 Å². The molecular formula is C17H21ClN6O2. The Morgan fingerprint density at radius 1 is 1.23 bits per heavy atom. The van der Waals surface area contributed by atoms with Crippen molar-refractivity contribution in [1.29, 1.82) is 0 Å². The second-order valence-electron chi connectivity index (χ2n) is 5.95. The van der Waals surface area contributed by atoms with Crippen molar-refractivity contribution in [1.82, 2.24) is 15.0 Å². The quantitative estimate of drug-likeness (QED) is 0.847. The Kier molecular flexibility index (Phi) is 5.41. The van der Waals surface area contributed by atoms with E-state index in [1.165, 1.54) is 6.20 Å². The lowest BCUT2D eigenvalue weighted by Crippen LogP contribution is -2.47. The van der Waals surface area contributed by atoms with Crippen LogP contribution < -0.4 is 20.3 Å². The highest BCUT2D eigenvalue weighted by Crippen LogP contribution is 2.26. The normalized spacial score (nSPS) is 14.4. The van der Waals surface area contributed by atoms with Crippen molar-refractivity contribution in [2.24, 2.45) is 5.73 Å². The molecule has 0 atom stereocenters. The molecular weight excluding hydrogens is 356 g/mol. The summed E-state index contributed by atoms with van der Waals surface area (Å²) < 4.78 is 5.50. The molecule has 2 aromatic rings. The fraction of sp³-hybridized carbons (Fsp3) is 0.412. The Morgan fingerprint density at radius 2 is 1.92 bits per heavy atom. The minimum absolute atomic E-state index is 0.300. The Morgan fingerprint density at radius 3 is 2.54 bits per heavy atom. The number of nitrogens with two attached hydrogens (primary N) is 1. The molecule has 9 heteroatoms. The van der Waals surface area contributed by atoms with Crippen LogP contribution in [0.3, 0.4) is 0 Å². The van der Waals surface area contributed by atoms with E-state index < -0.39 is 5.91 Å². The van der Waals surface area contributed by atoms with Crippen molar-refractivity contribution in [3.8, 4) is 5.88 Å². The maximum Gasteiger partial charge on any atom is 0.250 e. The highest BCUT2D eigenvalue weighted by molar-refractivity contribution is 6.33. The van der Waals surface area contributed by atoms with Crippen LogP contribution in [0.4, 0.5) is 11.8 Å². The molecule has 1 aliphatic heterocycles. The summed E-state index contributed by atoms with van der Waals surface area (Å²) in [6, 6.07) is 3.38. The third kappa shape index (κ3) is 3.96. The fourth-order valence-corrected chi connectivity index (χ4v) is 3.09. The SMILES string of the molecule is CCOc1cc(C)nc(N2CCN(c3ncc(C(N)=O)cc3Cl)CC2)n1. The summed E-state index contributed by atoms with van der Waals surface area (Å²) in [7, 11) is 0. The van der Waals surface area contributed by atoms with Crippen LogP contribution in [0.1, 0.15) is 23.0 Å². The summed E-state index contributed by atoms with van der Waals surface area (Å²) in [5.74, 6) is 1.36. The number of amides is 1. The Balaban J connectivity index is 1.71. The molecule has 0 radical (unpaired) electrons. The summed E-state index contributed by atoms with van der Waals surface area (Å²) in [4.78, 5) is 28.7. The number of carbonyl (C=O) groups excluding carboxylic acids is 1. The molecule has 0 unspecified atom stereocenters. The first-order chi connectivity index (χ1) is 12.5. The zero-order valence-electron chi connectivity index (χ0n) is 14.8. The first kappa shape index (κ1) is 18.2. The number of pyridine rings is 1. The summed E-state index contributed by atoms with van der Waals surface area (Å²) in [5.41, 5.74) is 6.43. The zero-order valence-corrected chi connectivity index (χ0v) is 15.5. The molecule has 0 bridgehead atoms. The number of anilines is 2. The van der Waals surface area contributed by atoms with Gasteiger partial charge in [0.1, 0.15) is 5.82 Å². The number of hydrogen-bond donors (Lipinski definition) is 1. The topological polar surface area (TPSA) is 97.5 Å². The number of primary amides is 1. The number of nitrogens with zero attached hydrogens (tertiary/aromatic N) is 5. The predicted octanol–water partition coefficient (Wildman–Crippen LogP) is 1.66. The van der Waals surface area contributed by atoms with Crippen molar-refractivity contribution >= 4 is 29.3 Å². The number of piperazine rings is 1. The van der Waals surface area contributed by atoms with Crippen LogP contribution in [0.2, 0.25) is 5.02 Å². The first-order valence-electron chi connectivity index (χ1n) is 8.41. The van der Waals surface area contributed by atoms with E-state index in [0.717, 1.165) is 18.8 Å². The van der Waals surface area contributed by atoms with Gasteiger partial charge in [-0.2, -0.15) is 4.98 Å². The molecule has 138 valence electrons. The van der Waals surface area contributed by atoms with E-state index in [4.69, 9.17) is 22.1 Å². The Bertz CT molecular complexity index is 808. The van der Waals surface area contributed by atoms with Gasteiger partial charge in [-0.3, -0.25) is 4.79 Å². The van der Waals surface area contributed by atoms with Gasteiger partial charge in [-0.25, -0.2) is 9.97 Å². The van der Waals surface area contributed by atoms with Gasteiger partial charge >= 0.3 is 0 Å². The number of hydrogen-bond acceptors (Lipinski definition) is 7. The van der Waals surface area contributed by atoms with Crippen LogP contribution >= 0.6 is 11.6 Å². The van der Waals surface area contributed by atoms with E-state index in [0.29, 0.717) is 47.9 Å². The molecule has 2 N–H and O–H groups in total. The molecule has 1 fully saturated rings. The smallest absolute Gasteiger partial charge is 0.250 e. The van der Waals surface area contributed by atoms with Gasteiger partial charge < -0.3 is 20.3 Å². The second kappa shape index (κ2) is 7.74. The number of ether oxygens (including phenoxy) is 1. The van der Waals surface area contributed by atoms with Crippen molar-refractivity contribution in [2.45, 2.75) is 13.8 Å². The molecule has 1 aliphatic rings. The van der Waals surface area contributed by atoms with Crippen LogP contribution in [0.15, 0.2) is 18.3 Å². The molecule has 0 saturated carbocycles. The molecule has 1 amide bonds. The molecule has 8 nitrogen and oxygen atoms in total. The van der Waals surface area contributed by atoms with Crippen LogP contribution in [-0.2, 0) is 0 Å². The summed E-state index contributed by atoms with van der Waals surface area (Å²) >= 11 is 6.27. The lowest BCUT2D eigenvalue weighted by Gasteiger charge is -2.35. The van der Waals surface area contributed by atoms with Crippen molar-refractivity contribution < 1.29 is 9.53 Å². The molecule has 26 heavy (non-hydrogen) atoms. The van der Waals surface area contributed by atoms with E-state index in [1.807, 2.05) is 19.9 Å². The lowest BCUT2D eigenvalue weighted by molar-refractivity contribution is 0.1000. The van der Waals surface area contributed by atoms with E-state index >= 15 is 0 Å². The average molecular weight is 377 g/mol. The Hall–Kier alpha value is -2.61. The van der Waals surface area contributed by atoms with Gasteiger partial charge in [0.2, 0.25) is 17.7 Å². The summed E-state index contributed by atoms with van der Waals surface area (Å²) in [5, 5.41) is 0.417. The van der Waals surface area contributed by atoms with E-state index in [2.05, 4.69) is 24.8 Å². The minimum atomic E-state index is -0.544. The van der Waals surface area contributed by atoms with Gasteiger partial charge in [0.05, 0.1) is 17.2 Å². The van der Waals surface area contributed by atoms with Crippen molar-refractivity contribution in [3.05, 3.63) is 34.6 Å². The molecule has 1 saturated heterocycles. The van der Waals surface area contributed by atoms with Crippen LogP contribution in [0.5, 0.6) is 5.88 Å². The first-order valence-corrected chi connectivity index (χ1v) is 8.79. The summed E-state index contributed by atoms with van der Waals surface area (Å²) in [6.07, 6.45) is 1.45. The number of carbonyl (C=O) groups is 1. The number of aryl methyl sites for hydroxylation is 1. The van der Waals surface area contributed by atoms with Gasteiger partial charge in [0.25, 0.3) is 0 Å². The average Bonchev–Trinajstić information content (AvgIpc) is 2.61. The minimum Gasteiger partial charge on any atom is -0.478 e. The molecule has 2 aromatic heterocycles. The van der Waals surface area contributed by atoms with Crippen LogP contribution in [-0.4, -0.2) is 53.6 Å². The standard InChI is InChI=1S/C17H21ClN6O2/c1-3-26-14-8-11(2)21-17(22-14)24-6-4-23(5-7-24)16-13(18)9-12(10-20-16)15(19)25/h8-10H,3-7H2,1-2H3,(H2,19,25). The van der Waals surface area contributed by atoms with Gasteiger partial charge in [0.15, 0.2) is 0 Å². The monoisotopic (exact) mass is 376 g/mol. The van der Waals surface area contributed by atoms with E-state index in [1.54, 1.807) is 6.07 Å². The van der Waals surface area contributed by atoms with E-state index in [-0.39, 0.29) is 0 Å². The maximum absolute atomic E-state index is 11.2. The number of aromatic nitrogens is 3. The zero-order chi connectivity index (χ0) is 18.7. The number of halogens is 1. The predicted molar refractivity (Wildman–Crippen MR) is 100 cm³/mol. The van der Waals surface area contributed by atoms with Gasteiger partial charge in [-0.1, -0.05) is 11.6 Å². The lowest BCUT2D eigenvalue weighted by atomic mass is 10.2. The summed E-state index contributed by atoms with van der Waals surface area (Å²) in [6.45, 7) is 7.29. The second-order valence-corrected chi connectivity index (χ2v) is 6.36. The van der Waals surface area contributed by atoms with E-state index in [9.17, 15) is 4.79 Å². The molecule has 0 aromatic carbocycles. The highest BCUT2D eigenvalue weighted by Gasteiger charge is 2.22. The van der Waals surface area contributed by atoms with Crippen molar-refractivity contribution in [3.63, 3.8) is 0 Å². The Labute approximate surface area is 156 Å². The fourth-order valence-electron chi connectivity index (χ4n) is 2.80. The molecule has 3 heterocycles. The van der Waals surface area contributed by atoms with Crippen LogP contribution in [0, 0.1) is 6.92 Å². The third-order valence-corrected chi connectivity index (χ3v) is 4.36. The van der Waals surface area contributed by atoms with Gasteiger partial charge in [-0.15, -0.1) is 0 Å². The van der Waals surface area contributed by atoms with Crippen molar-refractivity contribution in [2.75, 3.05) is 42.6 Å². The van der Waals surface area contributed by atoms with Gasteiger partial charge in [0, 0.05) is 44.1 Å². The largest absolute Gasteiger partial charge is 0.478 e. The maximum atomic E-state index is 11.2. The number of rotatable bonds is 5. The molecule has 0 spiro atoms.